The van der Waals surface area contributed by atoms with Gasteiger partial charge in [0.2, 0.25) is 5.91 Å². The summed E-state index contributed by atoms with van der Waals surface area (Å²) < 4.78 is 24.6. The molecule has 130 valence electrons. The second kappa shape index (κ2) is 8.55. The number of halogens is 1. The van der Waals surface area contributed by atoms with Crippen LogP contribution in [0.2, 0.25) is 0 Å². The van der Waals surface area contributed by atoms with Gasteiger partial charge >= 0.3 is 0 Å². The van der Waals surface area contributed by atoms with Crippen LogP contribution in [0, 0.1) is 12.7 Å². The maximum absolute atomic E-state index is 13.4. The SMILES string of the molecule is CCCN(C(=O)CC[S+](C)[O-])c1sc(-c2cncc(F)c2)nc1C. The van der Waals surface area contributed by atoms with Crippen LogP contribution in [-0.2, 0) is 16.0 Å². The van der Waals surface area contributed by atoms with Crippen molar-refractivity contribution < 1.29 is 13.7 Å². The summed E-state index contributed by atoms with van der Waals surface area (Å²) in [6.45, 7) is 4.39. The summed E-state index contributed by atoms with van der Waals surface area (Å²) in [7, 11) is 0. The molecule has 1 amide bonds. The van der Waals surface area contributed by atoms with Crippen molar-refractivity contribution in [3.63, 3.8) is 0 Å². The van der Waals surface area contributed by atoms with Crippen LogP contribution >= 0.6 is 11.3 Å². The first-order valence-electron chi connectivity index (χ1n) is 7.61. The Labute approximate surface area is 148 Å². The molecule has 0 radical (unpaired) electrons. The van der Waals surface area contributed by atoms with E-state index < -0.39 is 17.0 Å². The topological polar surface area (TPSA) is 69.2 Å². The number of nitrogens with zero attached hydrogens (tertiary/aromatic N) is 3. The fraction of sp³-hybridized carbons (Fsp3) is 0.438. The third-order valence-corrected chi connectivity index (χ3v) is 5.33. The zero-order valence-electron chi connectivity index (χ0n) is 13.9. The third kappa shape index (κ3) is 4.75. The van der Waals surface area contributed by atoms with Gasteiger partial charge in [-0.1, -0.05) is 29.4 Å². The van der Waals surface area contributed by atoms with E-state index in [0.717, 1.165) is 23.3 Å². The highest BCUT2D eigenvalue weighted by atomic mass is 32.2. The summed E-state index contributed by atoms with van der Waals surface area (Å²) in [5.41, 5.74) is 1.31. The molecule has 8 heteroatoms. The summed E-state index contributed by atoms with van der Waals surface area (Å²) in [5, 5.41) is 1.38. The minimum atomic E-state index is -1.01. The quantitative estimate of drug-likeness (QED) is 0.703. The molecule has 0 bridgehead atoms. The van der Waals surface area contributed by atoms with Crippen molar-refractivity contribution in [2.45, 2.75) is 26.7 Å². The predicted octanol–water partition coefficient (Wildman–Crippen LogP) is 3.16. The Balaban J connectivity index is 2.29. The molecule has 0 aliphatic heterocycles. The highest BCUT2D eigenvalue weighted by Gasteiger charge is 2.22. The molecule has 1 atom stereocenters. The number of carbonyl (C=O) groups is 1. The minimum Gasteiger partial charge on any atom is -0.617 e. The molecular weight excluding hydrogens is 349 g/mol. The van der Waals surface area contributed by atoms with E-state index >= 15 is 0 Å². The Kier molecular flexibility index (Phi) is 6.70. The Hall–Kier alpha value is -1.51. The zero-order valence-corrected chi connectivity index (χ0v) is 15.5. The van der Waals surface area contributed by atoms with Crippen molar-refractivity contribution in [2.24, 2.45) is 0 Å². The van der Waals surface area contributed by atoms with Gasteiger partial charge < -0.3 is 9.45 Å². The Morgan fingerprint density at radius 2 is 2.21 bits per heavy atom. The predicted molar refractivity (Wildman–Crippen MR) is 96.2 cm³/mol. The van der Waals surface area contributed by atoms with Gasteiger partial charge in [0.25, 0.3) is 0 Å². The van der Waals surface area contributed by atoms with E-state index in [1.54, 1.807) is 17.4 Å². The van der Waals surface area contributed by atoms with Gasteiger partial charge in [-0.3, -0.25) is 9.78 Å². The van der Waals surface area contributed by atoms with Crippen LogP contribution in [-0.4, -0.2) is 39.0 Å². The number of rotatable bonds is 7. The van der Waals surface area contributed by atoms with Gasteiger partial charge in [-0.2, -0.15) is 0 Å². The summed E-state index contributed by atoms with van der Waals surface area (Å²) >= 11 is 0.338. The fourth-order valence-electron chi connectivity index (χ4n) is 2.22. The fourth-order valence-corrected chi connectivity index (χ4v) is 3.77. The molecule has 2 aromatic rings. The molecule has 0 aromatic carbocycles. The third-order valence-electron chi connectivity index (χ3n) is 3.32. The van der Waals surface area contributed by atoms with Gasteiger partial charge in [0, 0.05) is 18.3 Å². The van der Waals surface area contributed by atoms with E-state index in [-0.39, 0.29) is 12.3 Å². The van der Waals surface area contributed by atoms with Gasteiger partial charge in [0.05, 0.1) is 24.6 Å². The van der Waals surface area contributed by atoms with E-state index in [2.05, 4.69) is 9.97 Å². The molecular formula is C16H20FN3O2S2. The summed E-state index contributed by atoms with van der Waals surface area (Å²) in [6.07, 6.45) is 5.32. The Morgan fingerprint density at radius 1 is 1.46 bits per heavy atom. The van der Waals surface area contributed by atoms with E-state index in [0.29, 0.717) is 22.9 Å². The lowest BCUT2D eigenvalue weighted by atomic mass is 10.3. The van der Waals surface area contributed by atoms with Crippen LogP contribution in [0.4, 0.5) is 9.39 Å². The number of aryl methyl sites for hydroxylation is 1. The first-order chi connectivity index (χ1) is 11.4. The molecule has 0 fully saturated rings. The van der Waals surface area contributed by atoms with Crippen LogP contribution in [0.3, 0.4) is 0 Å². The normalized spacial score (nSPS) is 12.2. The molecule has 0 N–H and O–H groups in total. The minimum absolute atomic E-state index is 0.0669. The van der Waals surface area contributed by atoms with Gasteiger partial charge in [-0.05, 0) is 19.4 Å². The van der Waals surface area contributed by atoms with Crippen molar-refractivity contribution >= 4 is 33.4 Å². The Morgan fingerprint density at radius 3 is 2.83 bits per heavy atom. The number of hydrogen-bond acceptors (Lipinski definition) is 5. The highest BCUT2D eigenvalue weighted by Crippen LogP contribution is 2.34. The van der Waals surface area contributed by atoms with Gasteiger partial charge in [-0.15, -0.1) is 0 Å². The van der Waals surface area contributed by atoms with E-state index in [1.165, 1.54) is 17.4 Å². The molecule has 0 aliphatic rings. The number of anilines is 1. The number of pyridine rings is 1. The number of aromatic nitrogens is 2. The molecule has 0 spiro atoms. The number of amides is 1. The lowest BCUT2D eigenvalue weighted by Gasteiger charge is -2.21. The van der Waals surface area contributed by atoms with Gasteiger partial charge in [-0.25, -0.2) is 9.37 Å². The maximum atomic E-state index is 13.4. The molecule has 24 heavy (non-hydrogen) atoms. The maximum Gasteiger partial charge on any atom is 0.232 e. The average Bonchev–Trinajstić information content (AvgIpc) is 2.92. The van der Waals surface area contributed by atoms with Crippen LogP contribution in [0.15, 0.2) is 18.5 Å². The van der Waals surface area contributed by atoms with Crippen molar-refractivity contribution in [3.8, 4) is 10.6 Å². The number of carbonyl (C=O) groups excluding carboxylic acids is 1. The van der Waals surface area contributed by atoms with Crippen LogP contribution in [0.5, 0.6) is 0 Å². The van der Waals surface area contributed by atoms with Crippen molar-refractivity contribution in [1.29, 1.82) is 0 Å². The van der Waals surface area contributed by atoms with Crippen LogP contribution in [0.1, 0.15) is 25.5 Å². The lowest BCUT2D eigenvalue weighted by Crippen LogP contribution is -2.32. The van der Waals surface area contributed by atoms with Crippen molar-refractivity contribution in [2.75, 3.05) is 23.5 Å². The Bertz CT molecular complexity index is 706. The molecule has 2 aromatic heterocycles. The zero-order chi connectivity index (χ0) is 17.7. The lowest BCUT2D eigenvalue weighted by molar-refractivity contribution is -0.118. The van der Waals surface area contributed by atoms with Crippen molar-refractivity contribution in [1.82, 2.24) is 9.97 Å². The molecule has 5 nitrogen and oxygen atoms in total. The van der Waals surface area contributed by atoms with E-state index in [1.807, 2.05) is 13.8 Å². The van der Waals surface area contributed by atoms with Crippen molar-refractivity contribution in [3.05, 3.63) is 30.0 Å². The van der Waals surface area contributed by atoms with Crippen LogP contribution < -0.4 is 4.90 Å². The standard InChI is InChI=1S/C16H20FN3O2S2/c1-4-6-20(14(21)5-7-24(3)22)16-11(2)19-15(23-16)12-8-13(17)10-18-9-12/h8-10H,4-7H2,1-3H3. The number of thiazole rings is 1. The second-order valence-corrected chi connectivity index (χ2v) is 7.91. The largest absolute Gasteiger partial charge is 0.617 e. The monoisotopic (exact) mass is 369 g/mol. The molecule has 0 saturated heterocycles. The summed E-state index contributed by atoms with van der Waals surface area (Å²) in [4.78, 5) is 22.5. The molecule has 0 aliphatic carbocycles. The smallest absolute Gasteiger partial charge is 0.232 e. The first-order valence-corrected chi connectivity index (χ1v) is 10.2. The molecule has 1 unspecified atom stereocenters. The highest BCUT2D eigenvalue weighted by molar-refractivity contribution is 7.90. The average molecular weight is 369 g/mol. The molecule has 2 heterocycles. The van der Waals surface area contributed by atoms with Crippen LogP contribution in [0.25, 0.3) is 10.6 Å². The summed E-state index contributed by atoms with van der Waals surface area (Å²) in [6, 6.07) is 1.38. The summed E-state index contributed by atoms with van der Waals surface area (Å²) in [5.74, 6) is -0.145. The molecule has 2 rings (SSSR count). The molecule has 0 saturated carbocycles. The number of hydrogen-bond donors (Lipinski definition) is 0. The first kappa shape index (κ1) is 18.8. The van der Waals surface area contributed by atoms with Gasteiger partial charge in [0.1, 0.15) is 21.6 Å². The van der Waals surface area contributed by atoms with E-state index in [9.17, 15) is 13.7 Å². The van der Waals surface area contributed by atoms with Gasteiger partial charge in [0.15, 0.2) is 0 Å². The second-order valence-electron chi connectivity index (χ2n) is 5.37. The van der Waals surface area contributed by atoms with E-state index in [4.69, 9.17) is 0 Å².